The Hall–Kier alpha value is -0.280. The third kappa shape index (κ3) is 2.85. The fourth-order valence-corrected chi connectivity index (χ4v) is 4.32. The smallest absolute Gasteiger partial charge is 0.219 e. The van der Waals surface area contributed by atoms with Crippen molar-refractivity contribution in [1.82, 2.24) is 0 Å². The highest BCUT2D eigenvalue weighted by molar-refractivity contribution is 8.22. The molecule has 0 saturated heterocycles. The Balaban J connectivity index is 2.19. The zero-order valence-electron chi connectivity index (χ0n) is 13.1. The van der Waals surface area contributed by atoms with Crippen molar-refractivity contribution in [1.29, 1.82) is 0 Å². The van der Waals surface area contributed by atoms with Gasteiger partial charge in [0.15, 0.2) is 0 Å². The number of allylic oxidation sites excluding steroid dienone is 2. The van der Waals surface area contributed by atoms with Gasteiger partial charge in [-0.05, 0) is 56.5 Å². The van der Waals surface area contributed by atoms with Crippen molar-refractivity contribution in [2.45, 2.75) is 59.0 Å². The van der Waals surface area contributed by atoms with E-state index in [9.17, 15) is 0 Å². The van der Waals surface area contributed by atoms with Crippen LogP contribution in [-0.2, 0) is 4.74 Å². The van der Waals surface area contributed by atoms with Gasteiger partial charge in [-0.25, -0.2) is 0 Å². The van der Waals surface area contributed by atoms with E-state index in [1.54, 1.807) is 0 Å². The number of thioether (sulfide) groups is 1. The second kappa shape index (κ2) is 5.84. The topological polar surface area (TPSA) is 9.23 Å². The van der Waals surface area contributed by atoms with Crippen molar-refractivity contribution in [3.8, 4) is 0 Å². The zero-order chi connectivity index (χ0) is 15.0. The van der Waals surface area contributed by atoms with Gasteiger partial charge in [-0.3, -0.25) is 0 Å². The quantitative estimate of drug-likeness (QED) is 0.466. The molecule has 1 unspecified atom stereocenters. The number of hydrogen-bond acceptors (Lipinski definition) is 3. The Bertz CT molecular complexity index is 450. The molecule has 2 aliphatic carbocycles. The van der Waals surface area contributed by atoms with E-state index in [0.29, 0.717) is 4.38 Å². The fourth-order valence-electron chi connectivity index (χ4n) is 3.95. The van der Waals surface area contributed by atoms with Crippen LogP contribution >= 0.6 is 24.0 Å². The van der Waals surface area contributed by atoms with Gasteiger partial charge in [0.2, 0.25) is 4.38 Å². The summed E-state index contributed by atoms with van der Waals surface area (Å²) in [6.45, 7) is 11.4. The van der Waals surface area contributed by atoms with Crippen molar-refractivity contribution in [3.05, 3.63) is 23.8 Å². The van der Waals surface area contributed by atoms with Crippen LogP contribution in [0.5, 0.6) is 0 Å². The summed E-state index contributed by atoms with van der Waals surface area (Å²) in [4.78, 5) is 0. The molecule has 0 aliphatic heterocycles. The molecule has 0 aromatic carbocycles. The third-order valence-electron chi connectivity index (χ3n) is 5.36. The first-order valence-electron chi connectivity index (χ1n) is 7.39. The molecule has 1 nitrogen and oxygen atoms in total. The van der Waals surface area contributed by atoms with Gasteiger partial charge in [-0.15, -0.1) is 0 Å². The van der Waals surface area contributed by atoms with Gasteiger partial charge < -0.3 is 4.74 Å². The molecule has 0 heterocycles. The molecule has 20 heavy (non-hydrogen) atoms. The molecule has 2 atom stereocenters. The highest BCUT2D eigenvalue weighted by atomic mass is 32.2. The lowest BCUT2D eigenvalue weighted by Crippen LogP contribution is -2.47. The monoisotopic (exact) mass is 310 g/mol. The number of hydrogen-bond donors (Lipinski definition) is 0. The molecule has 0 amide bonds. The Morgan fingerprint density at radius 3 is 2.70 bits per heavy atom. The van der Waals surface area contributed by atoms with Gasteiger partial charge in [-0.2, -0.15) is 0 Å². The van der Waals surface area contributed by atoms with Crippen LogP contribution in [0.15, 0.2) is 23.8 Å². The molecular weight excluding hydrogens is 284 g/mol. The third-order valence-corrected chi connectivity index (χ3v) is 6.38. The SMILES string of the molecule is C=C1CC(OC(=S)SC)CC(C)(C)[C@@]12CC=C(C)CC2. The maximum absolute atomic E-state index is 5.92. The Labute approximate surface area is 133 Å². The van der Waals surface area contributed by atoms with Crippen molar-refractivity contribution < 1.29 is 4.74 Å². The summed E-state index contributed by atoms with van der Waals surface area (Å²) in [6, 6.07) is 0. The minimum absolute atomic E-state index is 0.204. The van der Waals surface area contributed by atoms with Gasteiger partial charge in [0, 0.05) is 11.8 Å². The molecule has 1 spiro atoms. The van der Waals surface area contributed by atoms with E-state index in [4.69, 9.17) is 17.0 Å². The van der Waals surface area contributed by atoms with Gasteiger partial charge in [-0.1, -0.05) is 49.4 Å². The summed E-state index contributed by atoms with van der Waals surface area (Å²) in [7, 11) is 0. The first-order valence-corrected chi connectivity index (χ1v) is 9.02. The summed E-state index contributed by atoms with van der Waals surface area (Å²) in [5.41, 5.74) is 3.37. The van der Waals surface area contributed by atoms with Gasteiger partial charge in [0.1, 0.15) is 6.10 Å². The molecule has 1 fully saturated rings. The van der Waals surface area contributed by atoms with E-state index in [1.807, 2.05) is 6.26 Å². The molecule has 2 aliphatic rings. The second-order valence-corrected chi connectivity index (χ2v) is 8.33. The summed E-state index contributed by atoms with van der Waals surface area (Å²) in [6.07, 6.45) is 10.2. The van der Waals surface area contributed by atoms with E-state index in [1.165, 1.54) is 35.7 Å². The molecule has 1 saturated carbocycles. The minimum Gasteiger partial charge on any atom is -0.475 e. The Morgan fingerprint density at radius 1 is 1.50 bits per heavy atom. The molecule has 0 radical (unpaired) electrons. The predicted molar refractivity (Wildman–Crippen MR) is 93.2 cm³/mol. The van der Waals surface area contributed by atoms with Crippen LogP contribution in [0.3, 0.4) is 0 Å². The molecular formula is C17H26OS2. The molecule has 0 aromatic heterocycles. The van der Waals surface area contributed by atoms with Crippen molar-refractivity contribution in [2.75, 3.05) is 6.26 Å². The lowest BCUT2D eigenvalue weighted by Gasteiger charge is -2.55. The molecule has 112 valence electrons. The van der Waals surface area contributed by atoms with Crippen molar-refractivity contribution in [2.24, 2.45) is 10.8 Å². The summed E-state index contributed by atoms with van der Waals surface area (Å²) in [5, 5.41) is 0. The highest BCUT2D eigenvalue weighted by Crippen LogP contribution is 2.59. The average Bonchev–Trinajstić information content (AvgIpc) is 2.37. The first kappa shape index (κ1) is 16.1. The highest BCUT2D eigenvalue weighted by Gasteiger charge is 2.51. The van der Waals surface area contributed by atoms with Crippen molar-refractivity contribution in [3.63, 3.8) is 0 Å². The number of thiocarbonyl (C=S) groups is 1. The number of ether oxygens (including phenoxy) is 1. The van der Waals surface area contributed by atoms with Crippen molar-refractivity contribution >= 4 is 28.4 Å². The van der Waals surface area contributed by atoms with Crippen LogP contribution in [0.1, 0.15) is 52.9 Å². The van der Waals surface area contributed by atoms with E-state index in [0.717, 1.165) is 19.3 Å². The Morgan fingerprint density at radius 2 is 2.20 bits per heavy atom. The first-order chi connectivity index (χ1) is 9.30. The minimum atomic E-state index is 0.204. The standard InChI is InChI=1S/C17H26OS2/c1-12-6-8-17(9-7-12)13(2)10-14(11-16(17,3)4)18-15(19)20-5/h6,14H,2,7-11H2,1,3-5H3/t14?,17-/m1/s1. The van der Waals surface area contributed by atoms with Crippen LogP contribution in [0.4, 0.5) is 0 Å². The lowest BCUT2D eigenvalue weighted by atomic mass is 9.51. The number of rotatable bonds is 1. The molecule has 3 heteroatoms. The second-order valence-electron chi connectivity index (χ2n) is 6.93. The average molecular weight is 311 g/mol. The van der Waals surface area contributed by atoms with Crippen LogP contribution < -0.4 is 0 Å². The van der Waals surface area contributed by atoms with E-state index < -0.39 is 0 Å². The zero-order valence-corrected chi connectivity index (χ0v) is 14.8. The van der Waals surface area contributed by atoms with Gasteiger partial charge >= 0.3 is 0 Å². The normalized spacial score (nSPS) is 32.9. The lowest BCUT2D eigenvalue weighted by molar-refractivity contribution is -0.00161. The predicted octanol–water partition coefficient (Wildman–Crippen LogP) is 5.51. The van der Waals surface area contributed by atoms with Crippen LogP contribution in [0.2, 0.25) is 0 Å². The van der Waals surface area contributed by atoms with E-state index in [-0.39, 0.29) is 16.9 Å². The maximum atomic E-state index is 5.92. The van der Waals surface area contributed by atoms with Crippen LogP contribution in [0, 0.1) is 10.8 Å². The summed E-state index contributed by atoms with van der Waals surface area (Å²) in [5.74, 6) is 0. The molecule has 0 bridgehead atoms. The summed E-state index contributed by atoms with van der Waals surface area (Å²) < 4.78 is 6.58. The largest absolute Gasteiger partial charge is 0.475 e. The van der Waals surface area contributed by atoms with E-state index >= 15 is 0 Å². The molecule has 0 N–H and O–H groups in total. The summed E-state index contributed by atoms with van der Waals surface area (Å²) >= 11 is 6.73. The van der Waals surface area contributed by atoms with E-state index in [2.05, 4.69) is 33.4 Å². The van der Waals surface area contributed by atoms with Crippen LogP contribution in [-0.4, -0.2) is 16.7 Å². The van der Waals surface area contributed by atoms with Gasteiger partial charge in [0.25, 0.3) is 0 Å². The Kier molecular flexibility index (Phi) is 4.70. The fraction of sp³-hybridized carbons (Fsp3) is 0.706. The molecule has 0 aromatic rings. The van der Waals surface area contributed by atoms with Gasteiger partial charge in [0.05, 0.1) is 0 Å². The van der Waals surface area contributed by atoms with Crippen LogP contribution in [0.25, 0.3) is 0 Å². The molecule has 2 rings (SSSR count). The maximum Gasteiger partial charge on any atom is 0.219 e.